The zero-order valence-corrected chi connectivity index (χ0v) is 12.8. The molecule has 2 amide bonds. The van der Waals surface area contributed by atoms with Crippen molar-refractivity contribution in [1.29, 1.82) is 0 Å². The summed E-state index contributed by atoms with van der Waals surface area (Å²) in [7, 11) is 0. The van der Waals surface area contributed by atoms with Gasteiger partial charge in [0.1, 0.15) is 17.0 Å². The van der Waals surface area contributed by atoms with Crippen LogP contribution in [-0.2, 0) is 9.59 Å². The van der Waals surface area contributed by atoms with E-state index in [2.05, 4.69) is 5.32 Å². The maximum absolute atomic E-state index is 13.5. The van der Waals surface area contributed by atoms with E-state index in [-0.39, 0.29) is 6.42 Å². The Morgan fingerprint density at radius 3 is 2.33 bits per heavy atom. The molecular weight excluding hydrogens is 314 g/mol. The number of nitrogens with two attached hydrogens (primary N) is 1. The lowest BCUT2D eigenvalue weighted by Gasteiger charge is -2.45. The van der Waals surface area contributed by atoms with Gasteiger partial charge in [-0.25, -0.2) is 8.78 Å². The van der Waals surface area contributed by atoms with Gasteiger partial charge in [-0.2, -0.15) is 0 Å². The van der Waals surface area contributed by atoms with Gasteiger partial charge in [0.25, 0.3) is 0 Å². The fraction of sp³-hybridized carbons (Fsp3) is 0.222. The maximum atomic E-state index is 13.5. The molecule has 3 N–H and O–H groups in total. The summed E-state index contributed by atoms with van der Waals surface area (Å²) in [5.41, 5.74) is 5.03. The Hall–Kier alpha value is -2.76. The Bertz CT molecular complexity index is 792. The zero-order chi connectivity index (χ0) is 17.3. The Balaban J connectivity index is 1.89. The SMILES string of the molecule is NC(=O)C1(C(=O)Nc2ccc(F)cc2)CCC1c1cccc(F)c1. The van der Waals surface area contributed by atoms with E-state index in [0.717, 1.165) is 0 Å². The molecule has 24 heavy (non-hydrogen) atoms. The van der Waals surface area contributed by atoms with Crippen LogP contribution in [0.25, 0.3) is 0 Å². The Morgan fingerprint density at radius 1 is 1.08 bits per heavy atom. The molecule has 2 aromatic rings. The van der Waals surface area contributed by atoms with E-state index in [4.69, 9.17) is 5.73 Å². The van der Waals surface area contributed by atoms with Crippen LogP contribution in [0.2, 0.25) is 0 Å². The number of hydrogen-bond donors (Lipinski definition) is 2. The molecule has 0 radical (unpaired) electrons. The first-order valence-corrected chi connectivity index (χ1v) is 7.56. The molecule has 124 valence electrons. The highest BCUT2D eigenvalue weighted by molar-refractivity contribution is 6.12. The van der Waals surface area contributed by atoms with Crippen molar-refractivity contribution in [2.24, 2.45) is 11.1 Å². The summed E-state index contributed by atoms with van der Waals surface area (Å²) in [6, 6.07) is 11.0. The maximum Gasteiger partial charge on any atom is 0.240 e. The molecule has 1 aliphatic rings. The van der Waals surface area contributed by atoms with E-state index in [1.165, 1.54) is 42.5 Å². The molecule has 0 heterocycles. The Morgan fingerprint density at radius 2 is 1.79 bits per heavy atom. The van der Waals surface area contributed by atoms with Crippen molar-refractivity contribution in [1.82, 2.24) is 0 Å². The van der Waals surface area contributed by atoms with Crippen molar-refractivity contribution in [3.05, 3.63) is 65.7 Å². The van der Waals surface area contributed by atoms with Crippen LogP contribution in [0.5, 0.6) is 0 Å². The number of amides is 2. The number of benzene rings is 2. The summed E-state index contributed by atoms with van der Waals surface area (Å²) in [4.78, 5) is 24.8. The molecule has 0 bridgehead atoms. The predicted octanol–water partition coefficient (Wildman–Crippen LogP) is 2.95. The number of halogens is 2. The van der Waals surface area contributed by atoms with Crippen molar-refractivity contribution in [3.8, 4) is 0 Å². The van der Waals surface area contributed by atoms with Gasteiger partial charge in [0, 0.05) is 11.6 Å². The summed E-state index contributed by atoms with van der Waals surface area (Å²) in [5, 5.41) is 2.61. The van der Waals surface area contributed by atoms with Crippen LogP contribution in [0.4, 0.5) is 14.5 Å². The average molecular weight is 330 g/mol. The van der Waals surface area contributed by atoms with Crippen LogP contribution in [0, 0.1) is 17.0 Å². The first-order valence-electron chi connectivity index (χ1n) is 7.56. The first kappa shape index (κ1) is 16.1. The fourth-order valence-corrected chi connectivity index (χ4v) is 3.21. The minimum Gasteiger partial charge on any atom is -0.369 e. The van der Waals surface area contributed by atoms with Crippen LogP contribution < -0.4 is 11.1 Å². The predicted molar refractivity (Wildman–Crippen MR) is 85.0 cm³/mol. The van der Waals surface area contributed by atoms with Gasteiger partial charge in [-0.3, -0.25) is 9.59 Å². The Labute approximate surface area is 137 Å². The van der Waals surface area contributed by atoms with Crippen LogP contribution >= 0.6 is 0 Å². The number of primary amides is 1. The zero-order valence-electron chi connectivity index (χ0n) is 12.8. The second-order valence-electron chi connectivity index (χ2n) is 5.94. The lowest BCUT2D eigenvalue weighted by molar-refractivity contribution is -0.146. The molecule has 2 aromatic carbocycles. The number of carbonyl (C=O) groups is 2. The molecule has 4 nitrogen and oxygen atoms in total. The van der Waals surface area contributed by atoms with Crippen molar-refractivity contribution >= 4 is 17.5 Å². The van der Waals surface area contributed by atoms with Gasteiger partial charge in [0.2, 0.25) is 11.8 Å². The monoisotopic (exact) mass is 330 g/mol. The van der Waals surface area contributed by atoms with E-state index < -0.39 is 34.8 Å². The Kier molecular flexibility index (Phi) is 4.05. The normalized spacial score (nSPS) is 22.5. The molecule has 0 aromatic heterocycles. The number of nitrogens with one attached hydrogen (secondary N) is 1. The summed E-state index contributed by atoms with van der Waals surface area (Å²) in [6.45, 7) is 0. The molecular formula is C18H16F2N2O2. The second-order valence-corrected chi connectivity index (χ2v) is 5.94. The quantitative estimate of drug-likeness (QED) is 0.846. The topological polar surface area (TPSA) is 72.2 Å². The van der Waals surface area contributed by atoms with Gasteiger partial charge in [0.05, 0.1) is 0 Å². The van der Waals surface area contributed by atoms with E-state index in [1.54, 1.807) is 6.07 Å². The van der Waals surface area contributed by atoms with Crippen LogP contribution in [0.15, 0.2) is 48.5 Å². The third-order valence-electron chi connectivity index (χ3n) is 4.62. The molecule has 1 aliphatic carbocycles. The smallest absolute Gasteiger partial charge is 0.240 e. The third-order valence-corrected chi connectivity index (χ3v) is 4.62. The minimum atomic E-state index is -1.43. The molecule has 2 atom stereocenters. The largest absolute Gasteiger partial charge is 0.369 e. The summed E-state index contributed by atoms with van der Waals surface area (Å²) in [5.74, 6) is -2.65. The summed E-state index contributed by atoms with van der Waals surface area (Å²) < 4.78 is 26.4. The molecule has 1 fully saturated rings. The van der Waals surface area contributed by atoms with Gasteiger partial charge < -0.3 is 11.1 Å². The van der Waals surface area contributed by atoms with Crippen LogP contribution in [0.3, 0.4) is 0 Å². The van der Waals surface area contributed by atoms with Crippen molar-refractivity contribution in [2.75, 3.05) is 5.32 Å². The van der Waals surface area contributed by atoms with Gasteiger partial charge in [-0.15, -0.1) is 0 Å². The molecule has 0 saturated heterocycles. The van der Waals surface area contributed by atoms with Crippen molar-refractivity contribution in [2.45, 2.75) is 18.8 Å². The van der Waals surface area contributed by atoms with Gasteiger partial charge >= 0.3 is 0 Å². The van der Waals surface area contributed by atoms with E-state index in [9.17, 15) is 18.4 Å². The molecule has 3 rings (SSSR count). The lowest BCUT2D eigenvalue weighted by atomic mass is 9.56. The van der Waals surface area contributed by atoms with Gasteiger partial charge in [-0.05, 0) is 54.8 Å². The lowest BCUT2D eigenvalue weighted by Crippen LogP contribution is -2.56. The molecule has 0 spiro atoms. The number of anilines is 1. The highest BCUT2D eigenvalue weighted by atomic mass is 19.1. The van der Waals surface area contributed by atoms with Gasteiger partial charge in [-0.1, -0.05) is 12.1 Å². The van der Waals surface area contributed by atoms with E-state index >= 15 is 0 Å². The fourth-order valence-electron chi connectivity index (χ4n) is 3.21. The highest BCUT2D eigenvalue weighted by Crippen LogP contribution is 2.53. The molecule has 2 unspecified atom stereocenters. The standard InChI is InChI=1S/C18H16F2N2O2/c19-12-4-6-14(7-5-12)22-17(24)18(16(21)23)9-8-15(18)11-2-1-3-13(20)10-11/h1-7,10,15H,8-9H2,(H2,21,23)(H,22,24). The van der Waals surface area contributed by atoms with Crippen molar-refractivity contribution < 1.29 is 18.4 Å². The minimum absolute atomic E-state index is 0.288. The number of carbonyl (C=O) groups excluding carboxylic acids is 2. The molecule has 6 heteroatoms. The number of hydrogen-bond acceptors (Lipinski definition) is 2. The van der Waals surface area contributed by atoms with E-state index in [1.807, 2.05) is 0 Å². The molecule has 0 aliphatic heterocycles. The van der Waals surface area contributed by atoms with Gasteiger partial charge in [0.15, 0.2) is 0 Å². The second kappa shape index (κ2) is 6.03. The van der Waals surface area contributed by atoms with Crippen molar-refractivity contribution in [3.63, 3.8) is 0 Å². The average Bonchev–Trinajstić information content (AvgIpc) is 2.48. The first-order chi connectivity index (χ1) is 11.4. The third kappa shape index (κ3) is 2.64. The van der Waals surface area contributed by atoms with Crippen LogP contribution in [-0.4, -0.2) is 11.8 Å². The number of rotatable bonds is 4. The van der Waals surface area contributed by atoms with Crippen LogP contribution in [0.1, 0.15) is 24.3 Å². The summed E-state index contributed by atoms with van der Waals surface area (Å²) in [6.07, 6.45) is 0.847. The highest BCUT2D eigenvalue weighted by Gasteiger charge is 2.57. The van der Waals surface area contributed by atoms with E-state index in [0.29, 0.717) is 17.7 Å². The summed E-state index contributed by atoms with van der Waals surface area (Å²) >= 11 is 0. The molecule has 1 saturated carbocycles.